The van der Waals surface area contributed by atoms with Gasteiger partial charge >= 0.3 is 0 Å². The number of rotatable bonds is 5. The van der Waals surface area contributed by atoms with Crippen molar-refractivity contribution in [3.8, 4) is 22.3 Å². The van der Waals surface area contributed by atoms with Crippen molar-refractivity contribution in [3.63, 3.8) is 0 Å². The lowest BCUT2D eigenvalue weighted by atomic mass is 9.67. The van der Waals surface area contributed by atoms with Crippen LogP contribution in [0.2, 0.25) is 0 Å². The molecule has 55 heavy (non-hydrogen) atoms. The molecule has 0 saturated carbocycles. The minimum Gasteiger partial charge on any atom is -0.310 e. The van der Waals surface area contributed by atoms with Gasteiger partial charge in [0.2, 0.25) is 0 Å². The van der Waals surface area contributed by atoms with Gasteiger partial charge in [-0.25, -0.2) is 0 Å². The van der Waals surface area contributed by atoms with Crippen molar-refractivity contribution >= 4 is 38.6 Å². The van der Waals surface area contributed by atoms with Crippen LogP contribution in [0.4, 0.5) is 17.1 Å². The summed E-state index contributed by atoms with van der Waals surface area (Å²) in [6, 6.07) is 74.6. The summed E-state index contributed by atoms with van der Waals surface area (Å²) in [4.78, 5) is 2.54. The Morgan fingerprint density at radius 1 is 0.364 bits per heavy atom. The van der Waals surface area contributed by atoms with Crippen LogP contribution in [0.15, 0.2) is 200 Å². The van der Waals surface area contributed by atoms with Crippen LogP contribution in [-0.2, 0) is 10.8 Å². The predicted molar refractivity (Wildman–Crippen MR) is 231 cm³/mol. The zero-order valence-corrected chi connectivity index (χ0v) is 31.0. The molecule has 0 amide bonds. The number of nitrogens with zero attached hydrogens (tertiary/aromatic N) is 1. The van der Waals surface area contributed by atoms with E-state index in [1.807, 2.05) is 0 Å². The van der Waals surface area contributed by atoms with Crippen molar-refractivity contribution in [2.24, 2.45) is 0 Å². The van der Waals surface area contributed by atoms with Gasteiger partial charge < -0.3 is 4.90 Å². The van der Waals surface area contributed by atoms with Gasteiger partial charge in [-0.05, 0) is 108 Å². The maximum Gasteiger partial charge on any atom is 0.0714 e. The summed E-state index contributed by atoms with van der Waals surface area (Å²) in [6.07, 6.45) is 0. The fourth-order valence-corrected chi connectivity index (χ4v) is 10.1. The van der Waals surface area contributed by atoms with Crippen molar-refractivity contribution in [2.75, 3.05) is 4.90 Å². The molecule has 0 atom stereocenters. The van der Waals surface area contributed by atoms with Crippen LogP contribution in [0.1, 0.15) is 47.2 Å². The van der Waals surface area contributed by atoms with Crippen LogP contribution in [-0.4, -0.2) is 0 Å². The molecule has 0 aromatic heterocycles. The summed E-state index contributed by atoms with van der Waals surface area (Å²) in [6.45, 7) is 4.78. The lowest BCUT2D eigenvalue weighted by Crippen LogP contribution is -2.28. The SMILES string of the molecule is CC1(C)c2ccccc2-c2cccc(N(c3ccc4c(c3)C(c3ccccc3)(c3ccccc3)c3ccccc3-4)c3ccc4ccc5ccccc5c4c3)c21. The Balaban J connectivity index is 1.23. The van der Waals surface area contributed by atoms with Crippen LogP contribution in [0.3, 0.4) is 0 Å². The molecule has 1 heteroatoms. The standard InChI is InChI=1S/C54H39N/c1-53(2)48-25-13-11-23-44(48)46-24-15-27-51(52(46)53)55(40-31-30-37-29-28-36-16-9-10-21-42(36)47(37)34-40)41-32-33-45-43-22-12-14-26-49(43)54(50(45)35-41,38-17-5-3-6-18-38)39-19-7-4-8-20-39/h3-35H,1-2H3. The van der Waals surface area contributed by atoms with E-state index < -0.39 is 5.41 Å². The maximum absolute atomic E-state index is 2.54. The van der Waals surface area contributed by atoms with E-state index in [2.05, 4.69) is 219 Å². The molecule has 0 spiro atoms. The van der Waals surface area contributed by atoms with E-state index in [1.54, 1.807) is 0 Å². The van der Waals surface area contributed by atoms with Gasteiger partial charge in [0.05, 0.1) is 11.1 Å². The molecule has 2 aliphatic rings. The van der Waals surface area contributed by atoms with Crippen LogP contribution < -0.4 is 4.90 Å². The van der Waals surface area contributed by atoms with Crippen molar-refractivity contribution in [2.45, 2.75) is 24.7 Å². The Morgan fingerprint density at radius 3 is 1.64 bits per heavy atom. The van der Waals surface area contributed by atoms with Gasteiger partial charge in [-0.2, -0.15) is 0 Å². The van der Waals surface area contributed by atoms with Crippen LogP contribution in [0, 0.1) is 0 Å². The second-order valence-corrected chi connectivity index (χ2v) is 15.7. The second-order valence-electron chi connectivity index (χ2n) is 15.7. The number of hydrogen-bond acceptors (Lipinski definition) is 1. The molecule has 0 unspecified atom stereocenters. The summed E-state index contributed by atoms with van der Waals surface area (Å²) < 4.78 is 0. The molecule has 260 valence electrons. The highest BCUT2D eigenvalue weighted by molar-refractivity contribution is 6.09. The molecule has 9 aromatic carbocycles. The van der Waals surface area contributed by atoms with Gasteiger partial charge in [0.1, 0.15) is 0 Å². The average molecular weight is 702 g/mol. The highest BCUT2D eigenvalue weighted by Crippen LogP contribution is 2.59. The third-order valence-corrected chi connectivity index (χ3v) is 12.5. The quantitative estimate of drug-likeness (QED) is 0.162. The Morgan fingerprint density at radius 2 is 0.891 bits per heavy atom. The first-order valence-corrected chi connectivity index (χ1v) is 19.4. The zero-order chi connectivity index (χ0) is 36.7. The van der Waals surface area contributed by atoms with E-state index in [0.29, 0.717) is 0 Å². The minimum atomic E-state index is -0.496. The molecule has 1 nitrogen and oxygen atoms in total. The van der Waals surface area contributed by atoms with Crippen LogP contribution >= 0.6 is 0 Å². The molecule has 0 heterocycles. The topological polar surface area (TPSA) is 3.24 Å². The highest BCUT2D eigenvalue weighted by atomic mass is 15.1. The summed E-state index contributed by atoms with van der Waals surface area (Å²) in [5.41, 5.74) is 15.9. The first-order chi connectivity index (χ1) is 27.0. The highest BCUT2D eigenvalue weighted by Gasteiger charge is 2.46. The summed E-state index contributed by atoms with van der Waals surface area (Å²) in [7, 11) is 0. The van der Waals surface area contributed by atoms with Gasteiger partial charge in [-0.1, -0.05) is 184 Å². The van der Waals surface area contributed by atoms with E-state index in [-0.39, 0.29) is 5.41 Å². The lowest BCUT2D eigenvalue weighted by Gasteiger charge is -2.36. The number of fused-ring (bicyclic) bond motifs is 9. The predicted octanol–water partition coefficient (Wildman–Crippen LogP) is 14.1. The molecule has 0 N–H and O–H groups in total. The average Bonchev–Trinajstić information content (AvgIpc) is 3.67. The largest absolute Gasteiger partial charge is 0.310 e. The molecular formula is C54H39N. The Labute approximate surface area is 322 Å². The van der Waals surface area contributed by atoms with Gasteiger partial charge in [-0.3, -0.25) is 0 Å². The van der Waals surface area contributed by atoms with Gasteiger partial charge in [0, 0.05) is 16.8 Å². The second kappa shape index (κ2) is 11.9. The molecule has 9 aromatic rings. The van der Waals surface area contributed by atoms with E-state index >= 15 is 0 Å². The van der Waals surface area contributed by atoms with Gasteiger partial charge in [-0.15, -0.1) is 0 Å². The summed E-state index contributed by atoms with van der Waals surface area (Å²) in [5, 5.41) is 5.02. The van der Waals surface area contributed by atoms with Crippen molar-refractivity contribution in [1.82, 2.24) is 0 Å². The summed E-state index contributed by atoms with van der Waals surface area (Å²) >= 11 is 0. The first kappa shape index (κ1) is 31.8. The fraction of sp³-hybridized carbons (Fsp3) is 0.0741. The third-order valence-electron chi connectivity index (χ3n) is 12.5. The van der Waals surface area contributed by atoms with Crippen LogP contribution in [0.5, 0.6) is 0 Å². The monoisotopic (exact) mass is 701 g/mol. The Hall–Kier alpha value is -6.70. The molecule has 0 aliphatic heterocycles. The summed E-state index contributed by atoms with van der Waals surface area (Å²) in [5.74, 6) is 0. The molecule has 11 rings (SSSR count). The van der Waals surface area contributed by atoms with E-state index in [9.17, 15) is 0 Å². The van der Waals surface area contributed by atoms with Crippen molar-refractivity contribution < 1.29 is 0 Å². The Kier molecular flexibility index (Phi) is 6.88. The zero-order valence-electron chi connectivity index (χ0n) is 31.0. The number of anilines is 3. The van der Waals surface area contributed by atoms with E-state index in [1.165, 1.54) is 82.9 Å². The first-order valence-electron chi connectivity index (χ1n) is 19.4. The third kappa shape index (κ3) is 4.47. The van der Waals surface area contributed by atoms with Gasteiger partial charge in [0.25, 0.3) is 0 Å². The maximum atomic E-state index is 2.54. The van der Waals surface area contributed by atoms with Crippen molar-refractivity contribution in [1.29, 1.82) is 0 Å². The number of hydrogen-bond donors (Lipinski definition) is 0. The lowest BCUT2D eigenvalue weighted by molar-refractivity contribution is 0.661. The normalized spacial score (nSPS) is 14.3. The molecule has 0 fully saturated rings. The Bertz CT molecular complexity index is 2920. The van der Waals surface area contributed by atoms with E-state index in [0.717, 1.165) is 11.4 Å². The smallest absolute Gasteiger partial charge is 0.0714 e. The molecule has 0 radical (unpaired) electrons. The van der Waals surface area contributed by atoms with E-state index in [4.69, 9.17) is 0 Å². The number of benzene rings is 9. The molecule has 0 bridgehead atoms. The van der Waals surface area contributed by atoms with Crippen molar-refractivity contribution in [3.05, 3.63) is 234 Å². The van der Waals surface area contributed by atoms with Crippen LogP contribution in [0.25, 0.3) is 43.8 Å². The molecule has 2 aliphatic carbocycles. The minimum absolute atomic E-state index is 0.199. The van der Waals surface area contributed by atoms with Gasteiger partial charge in [0.15, 0.2) is 0 Å². The molecule has 0 saturated heterocycles. The fourth-order valence-electron chi connectivity index (χ4n) is 10.1. The molecular weight excluding hydrogens is 663 g/mol.